The molecule has 0 aromatic rings. The van der Waals surface area contributed by atoms with Crippen molar-refractivity contribution in [2.24, 2.45) is 16.8 Å². The molecular weight excluding hydrogens is 434 g/mol. The molecule has 1 amide bonds. The summed E-state index contributed by atoms with van der Waals surface area (Å²) in [6.07, 6.45) is -0.262. The van der Waals surface area contributed by atoms with E-state index < -0.39 is 28.2 Å². The van der Waals surface area contributed by atoms with Crippen molar-refractivity contribution < 1.29 is 28.2 Å². The maximum absolute atomic E-state index is 12.4. The van der Waals surface area contributed by atoms with Crippen LogP contribution in [-0.4, -0.2) is 90.0 Å². The molecule has 11 nitrogen and oxygen atoms in total. The highest BCUT2D eigenvalue weighted by Crippen LogP contribution is 2.51. The SMILES string of the molecule is CC(O)[C@H]1C(=O)N2C(C(=O)O)=C(S[C@@H]3CN=C(CNNS(=O)(=O)N(C)C)C3)[C@H](C)[C@H]12. The maximum Gasteiger partial charge on any atom is 0.353 e. The van der Waals surface area contributed by atoms with Crippen molar-refractivity contribution in [3.8, 4) is 0 Å². The van der Waals surface area contributed by atoms with Crippen LogP contribution >= 0.6 is 11.8 Å². The van der Waals surface area contributed by atoms with E-state index in [9.17, 15) is 28.2 Å². The van der Waals surface area contributed by atoms with Gasteiger partial charge in [-0.25, -0.2) is 10.2 Å². The zero-order chi connectivity index (χ0) is 22.4. The van der Waals surface area contributed by atoms with Gasteiger partial charge in [-0.1, -0.05) is 6.92 Å². The highest BCUT2D eigenvalue weighted by Gasteiger charge is 2.60. The van der Waals surface area contributed by atoms with Gasteiger partial charge in [-0.15, -0.1) is 16.6 Å². The van der Waals surface area contributed by atoms with Gasteiger partial charge in [0, 0.05) is 48.8 Å². The van der Waals surface area contributed by atoms with Crippen molar-refractivity contribution in [3.63, 3.8) is 0 Å². The van der Waals surface area contributed by atoms with Crippen LogP contribution in [0.1, 0.15) is 20.3 Å². The molecule has 0 saturated carbocycles. The fourth-order valence-electron chi connectivity index (χ4n) is 4.01. The molecule has 3 rings (SSSR count). The number of nitrogens with zero attached hydrogens (tertiary/aromatic N) is 3. The lowest BCUT2D eigenvalue weighted by Crippen LogP contribution is -2.63. The van der Waals surface area contributed by atoms with Crippen molar-refractivity contribution >= 4 is 39.6 Å². The molecule has 1 fully saturated rings. The second-order valence-corrected chi connectivity index (χ2v) is 11.1. The van der Waals surface area contributed by atoms with Crippen molar-refractivity contribution in [2.45, 2.75) is 37.7 Å². The number of thioether (sulfide) groups is 1. The van der Waals surface area contributed by atoms with Gasteiger partial charge in [0.05, 0.1) is 24.6 Å². The molecule has 3 heterocycles. The fraction of sp³-hybridized carbons (Fsp3) is 0.706. The minimum atomic E-state index is -3.59. The van der Waals surface area contributed by atoms with E-state index in [1.165, 1.54) is 30.8 Å². The molecule has 1 unspecified atom stereocenters. The van der Waals surface area contributed by atoms with Gasteiger partial charge in [0.1, 0.15) is 5.70 Å². The summed E-state index contributed by atoms with van der Waals surface area (Å²) in [6.45, 7) is 4.14. The van der Waals surface area contributed by atoms with Crippen LogP contribution in [0.2, 0.25) is 0 Å². The Kier molecular flexibility index (Phi) is 6.60. The number of carboxylic acids is 1. The second kappa shape index (κ2) is 8.55. The molecule has 5 atom stereocenters. The number of carbonyl (C=O) groups excluding carboxylic acids is 1. The van der Waals surface area contributed by atoms with Gasteiger partial charge in [0.25, 0.3) is 10.2 Å². The van der Waals surface area contributed by atoms with E-state index in [1.807, 2.05) is 6.92 Å². The molecule has 0 aliphatic carbocycles. The number of aliphatic imine (C=N–C) groups is 1. The lowest BCUT2D eigenvalue weighted by molar-refractivity contribution is -0.163. The summed E-state index contributed by atoms with van der Waals surface area (Å²) < 4.78 is 24.4. The first kappa shape index (κ1) is 23.2. The molecule has 13 heteroatoms. The van der Waals surface area contributed by atoms with Gasteiger partial charge in [-0.3, -0.25) is 9.79 Å². The standard InChI is InChI=1S/C17H27N5O6S2/c1-8-13-12(9(2)23)16(24)22(13)14(17(25)26)15(8)29-11-5-10(18-7-11)6-19-20-30(27,28)21(3)4/h8-9,11-13,19-20,23H,5-7H2,1-4H3,(H,25,26)/t8-,9?,11+,12-,13-/m1/s1. The first-order valence-electron chi connectivity index (χ1n) is 9.55. The molecular formula is C17H27N5O6S2. The summed E-state index contributed by atoms with van der Waals surface area (Å²) in [5.74, 6) is -2.28. The minimum absolute atomic E-state index is 0.00198. The van der Waals surface area contributed by atoms with E-state index in [1.54, 1.807) is 6.92 Å². The molecule has 4 N–H and O–H groups in total. The lowest BCUT2D eigenvalue weighted by Gasteiger charge is -2.46. The van der Waals surface area contributed by atoms with E-state index in [-0.39, 0.29) is 35.4 Å². The summed E-state index contributed by atoms with van der Waals surface area (Å²) in [5, 5.41) is 19.6. The first-order valence-corrected chi connectivity index (χ1v) is 11.9. The summed E-state index contributed by atoms with van der Waals surface area (Å²) in [7, 11) is -0.762. The lowest BCUT2D eigenvalue weighted by atomic mass is 9.79. The van der Waals surface area contributed by atoms with Crippen LogP contribution in [0.15, 0.2) is 15.6 Å². The third kappa shape index (κ3) is 4.14. The summed E-state index contributed by atoms with van der Waals surface area (Å²) in [4.78, 5) is 32.9. The largest absolute Gasteiger partial charge is 0.477 e. The number of aliphatic carboxylic acids is 1. The fourth-order valence-corrected chi connectivity index (χ4v) is 5.88. The Bertz CT molecular complexity index is 900. The van der Waals surface area contributed by atoms with Gasteiger partial charge in [0.2, 0.25) is 5.91 Å². The van der Waals surface area contributed by atoms with Crippen LogP contribution in [0.25, 0.3) is 0 Å². The summed E-state index contributed by atoms with van der Waals surface area (Å²) in [5.41, 5.74) is 3.42. The molecule has 1 saturated heterocycles. The maximum atomic E-state index is 12.4. The average molecular weight is 462 g/mol. The smallest absolute Gasteiger partial charge is 0.353 e. The summed E-state index contributed by atoms with van der Waals surface area (Å²) in [6, 6.07) is -0.338. The number of aliphatic hydroxyl groups is 1. The molecule has 3 aliphatic heterocycles. The van der Waals surface area contributed by atoms with Crippen LogP contribution in [0, 0.1) is 11.8 Å². The minimum Gasteiger partial charge on any atom is -0.477 e. The van der Waals surface area contributed by atoms with E-state index in [4.69, 9.17) is 0 Å². The Balaban J connectivity index is 1.62. The highest BCUT2D eigenvalue weighted by molar-refractivity contribution is 8.03. The topological polar surface area (TPSA) is 152 Å². The van der Waals surface area contributed by atoms with Gasteiger partial charge >= 0.3 is 5.97 Å². The number of nitrogens with one attached hydrogen (secondary N) is 2. The Morgan fingerprint density at radius 3 is 2.67 bits per heavy atom. The number of rotatable bonds is 9. The summed E-state index contributed by atoms with van der Waals surface area (Å²) >= 11 is 1.40. The van der Waals surface area contributed by atoms with Crippen LogP contribution < -0.4 is 10.3 Å². The van der Waals surface area contributed by atoms with Crippen LogP contribution in [0.4, 0.5) is 0 Å². The van der Waals surface area contributed by atoms with Crippen molar-refractivity contribution in [2.75, 3.05) is 27.2 Å². The normalized spacial score (nSPS) is 29.9. The van der Waals surface area contributed by atoms with Gasteiger partial charge < -0.3 is 15.1 Å². The van der Waals surface area contributed by atoms with E-state index in [0.29, 0.717) is 17.9 Å². The van der Waals surface area contributed by atoms with E-state index in [0.717, 1.165) is 10.0 Å². The zero-order valence-electron chi connectivity index (χ0n) is 17.2. The number of hydrogen-bond donors (Lipinski definition) is 4. The Morgan fingerprint density at radius 1 is 1.43 bits per heavy atom. The Morgan fingerprint density at radius 2 is 2.10 bits per heavy atom. The van der Waals surface area contributed by atoms with Crippen LogP contribution in [-0.2, 0) is 19.8 Å². The number of β-lactam (4-membered cyclic amide) rings is 1. The highest BCUT2D eigenvalue weighted by atomic mass is 32.2. The molecule has 0 spiro atoms. The number of hydrogen-bond acceptors (Lipinski definition) is 8. The number of carboxylic acid groups (broad SMARTS) is 1. The second-order valence-electron chi connectivity index (χ2n) is 7.87. The van der Waals surface area contributed by atoms with Crippen molar-refractivity contribution in [3.05, 3.63) is 10.6 Å². The van der Waals surface area contributed by atoms with Gasteiger partial charge in [-0.05, 0) is 6.92 Å². The molecule has 0 aromatic carbocycles. The van der Waals surface area contributed by atoms with Crippen molar-refractivity contribution in [1.82, 2.24) is 19.5 Å². The molecule has 0 radical (unpaired) electrons. The van der Waals surface area contributed by atoms with Crippen LogP contribution in [0.5, 0.6) is 0 Å². The molecule has 168 valence electrons. The van der Waals surface area contributed by atoms with E-state index >= 15 is 0 Å². The van der Waals surface area contributed by atoms with Gasteiger partial charge in [-0.2, -0.15) is 12.7 Å². The average Bonchev–Trinajstić information content (AvgIpc) is 3.16. The Hall–Kier alpha value is -1.51. The van der Waals surface area contributed by atoms with Crippen LogP contribution in [0.3, 0.4) is 0 Å². The number of hydrazine groups is 1. The quantitative estimate of drug-likeness (QED) is 0.252. The third-order valence-corrected chi connectivity index (χ3v) is 8.39. The first-order chi connectivity index (χ1) is 14.0. The van der Waals surface area contributed by atoms with E-state index in [2.05, 4.69) is 15.2 Å². The number of amides is 1. The zero-order valence-corrected chi connectivity index (χ0v) is 18.8. The number of carbonyl (C=O) groups is 2. The molecule has 30 heavy (non-hydrogen) atoms. The number of aliphatic hydroxyl groups excluding tert-OH is 1. The number of fused-ring (bicyclic) bond motifs is 1. The molecule has 0 bridgehead atoms. The van der Waals surface area contributed by atoms with Crippen molar-refractivity contribution in [1.29, 1.82) is 0 Å². The molecule has 3 aliphatic rings. The molecule has 0 aromatic heterocycles. The van der Waals surface area contributed by atoms with Gasteiger partial charge in [0.15, 0.2) is 0 Å². The third-order valence-electron chi connectivity index (χ3n) is 5.56. The Labute approximate surface area is 179 Å². The predicted octanol–water partition coefficient (Wildman–Crippen LogP) is -1.01. The predicted molar refractivity (Wildman–Crippen MR) is 112 cm³/mol. The monoisotopic (exact) mass is 461 g/mol.